The van der Waals surface area contributed by atoms with E-state index in [0.717, 1.165) is 17.9 Å². The number of unbranched alkanes of at least 4 members (excludes halogenated alkanes) is 1. The third-order valence-corrected chi connectivity index (χ3v) is 3.69. The zero-order valence-corrected chi connectivity index (χ0v) is 12.2. The van der Waals surface area contributed by atoms with Gasteiger partial charge in [0, 0.05) is 6.04 Å². The van der Waals surface area contributed by atoms with Gasteiger partial charge in [-0.1, -0.05) is 59.8 Å². The van der Waals surface area contributed by atoms with Gasteiger partial charge in [-0.25, -0.2) is 0 Å². The second kappa shape index (κ2) is 10.1. The van der Waals surface area contributed by atoms with Crippen molar-refractivity contribution in [1.82, 2.24) is 5.32 Å². The Morgan fingerprint density at radius 1 is 0.938 bits per heavy atom. The van der Waals surface area contributed by atoms with Gasteiger partial charge in [-0.15, -0.1) is 0 Å². The van der Waals surface area contributed by atoms with Crippen molar-refractivity contribution in [2.24, 2.45) is 11.8 Å². The van der Waals surface area contributed by atoms with Crippen LogP contribution >= 0.6 is 0 Å². The number of hydrogen-bond acceptors (Lipinski definition) is 1. The maximum atomic E-state index is 3.54. The molecule has 0 heterocycles. The lowest BCUT2D eigenvalue weighted by Crippen LogP contribution is -2.33. The molecule has 0 bridgehead atoms. The molecule has 2 atom stereocenters. The third kappa shape index (κ3) is 7.27. The van der Waals surface area contributed by atoms with Gasteiger partial charge in [0.1, 0.15) is 0 Å². The van der Waals surface area contributed by atoms with Crippen LogP contribution in [0.2, 0.25) is 0 Å². The summed E-state index contributed by atoms with van der Waals surface area (Å²) in [5.74, 6) is 1.74. The fourth-order valence-electron chi connectivity index (χ4n) is 2.52. The summed E-state index contributed by atoms with van der Waals surface area (Å²) in [5, 5.41) is 3.54. The second-order valence-corrected chi connectivity index (χ2v) is 5.53. The fraction of sp³-hybridized carbons (Fsp3) is 1.00. The molecule has 0 fully saturated rings. The van der Waals surface area contributed by atoms with E-state index in [0.29, 0.717) is 0 Å². The highest BCUT2D eigenvalue weighted by molar-refractivity contribution is 4.74. The van der Waals surface area contributed by atoms with Gasteiger partial charge in [-0.05, 0) is 31.7 Å². The highest BCUT2D eigenvalue weighted by Gasteiger charge is 2.17. The first-order chi connectivity index (χ1) is 7.65. The van der Waals surface area contributed by atoms with Crippen molar-refractivity contribution in [3.8, 4) is 0 Å². The van der Waals surface area contributed by atoms with Crippen LogP contribution in [0.4, 0.5) is 0 Å². The average molecular weight is 227 g/mol. The zero-order valence-electron chi connectivity index (χ0n) is 12.2. The smallest absolute Gasteiger partial charge is 0.00922 e. The van der Waals surface area contributed by atoms with Crippen molar-refractivity contribution in [3.63, 3.8) is 0 Å². The Hall–Kier alpha value is -0.0400. The van der Waals surface area contributed by atoms with Crippen molar-refractivity contribution in [2.75, 3.05) is 7.05 Å². The molecule has 0 radical (unpaired) electrons. The number of rotatable bonds is 10. The van der Waals surface area contributed by atoms with E-state index in [9.17, 15) is 0 Å². The molecule has 0 amide bonds. The molecule has 1 heteroatoms. The van der Waals surface area contributed by atoms with E-state index in [-0.39, 0.29) is 0 Å². The minimum atomic E-state index is 0.746. The largest absolute Gasteiger partial charge is 0.317 e. The predicted molar refractivity (Wildman–Crippen MR) is 74.8 cm³/mol. The maximum Gasteiger partial charge on any atom is 0.00922 e. The van der Waals surface area contributed by atoms with Crippen LogP contribution in [0.1, 0.15) is 72.6 Å². The van der Waals surface area contributed by atoms with Gasteiger partial charge in [-0.2, -0.15) is 0 Å². The first kappa shape index (κ1) is 16.0. The summed E-state index contributed by atoms with van der Waals surface area (Å²) in [6.45, 7) is 9.28. The Labute approximate surface area is 103 Å². The molecule has 16 heavy (non-hydrogen) atoms. The molecular weight excluding hydrogens is 194 g/mol. The molecule has 0 aliphatic heterocycles. The van der Waals surface area contributed by atoms with E-state index in [1.54, 1.807) is 0 Å². The van der Waals surface area contributed by atoms with E-state index >= 15 is 0 Å². The molecule has 98 valence electrons. The van der Waals surface area contributed by atoms with E-state index in [1.165, 1.54) is 44.9 Å². The fourth-order valence-corrected chi connectivity index (χ4v) is 2.52. The van der Waals surface area contributed by atoms with Crippen molar-refractivity contribution in [2.45, 2.75) is 78.7 Å². The van der Waals surface area contributed by atoms with Crippen LogP contribution in [0.15, 0.2) is 0 Å². The van der Waals surface area contributed by atoms with E-state index < -0.39 is 0 Å². The minimum Gasteiger partial charge on any atom is -0.317 e. The Bertz CT molecular complexity index is 142. The van der Waals surface area contributed by atoms with E-state index in [2.05, 4.69) is 40.1 Å². The average Bonchev–Trinajstić information content (AvgIpc) is 2.27. The van der Waals surface area contributed by atoms with Gasteiger partial charge >= 0.3 is 0 Å². The summed E-state index contributed by atoms with van der Waals surface area (Å²) in [6.07, 6.45) is 9.57. The molecular formula is C15H33N. The highest BCUT2D eigenvalue weighted by atomic mass is 14.9. The van der Waals surface area contributed by atoms with Crippen LogP contribution in [0.25, 0.3) is 0 Å². The SMILES string of the molecule is CCCCC(CC)C(CCCC(C)C)NC. The van der Waals surface area contributed by atoms with Crippen molar-refractivity contribution >= 4 is 0 Å². The summed E-state index contributed by atoms with van der Waals surface area (Å²) < 4.78 is 0. The van der Waals surface area contributed by atoms with E-state index in [4.69, 9.17) is 0 Å². The summed E-state index contributed by atoms with van der Waals surface area (Å²) >= 11 is 0. The summed E-state index contributed by atoms with van der Waals surface area (Å²) in [4.78, 5) is 0. The lowest BCUT2D eigenvalue weighted by atomic mass is 9.87. The molecule has 0 spiro atoms. The van der Waals surface area contributed by atoms with Crippen molar-refractivity contribution in [3.05, 3.63) is 0 Å². The lowest BCUT2D eigenvalue weighted by molar-refractivity contribution is 0.306. The normalized spacial score (nSPS) is 15.4. The number of nitrogens with one attached hydrogen (secondary N) is 1. The summed E-state index contributed by atoms with van der Waals surface area (Å²) in [5.41, 5.74) is 0. The molecule has 2 unspecified atom stereocenters. The Morgan fingerprint density at radius 3 is 2.06 bits per heavy atom. The molecule has 0 saturated carbocycles. The molecule has 0 aromatic carbocycles. The molecule has 0 aromatic rings. The van der Waals surface area contributed by atoms with Gasteiger partial charge in [0.2, 0.25) is 0 Å². The van der Waals surface area contributed by atoms with Gasteiger partial charge in [0.15, 0.2) is 0 Å². The first-order valence-corrected chi connectivity index (χ1v) is 7.32. The van der Waals surface area contributed by atoms with Crippen LogP contribution < -0.4 is 5.32 Å². The summed E-state index contributed by atoms with van der Waals surface area (Å²) in [6, 6.07) is 0.746. The predicted octanol–water partition coefficient (Wildman–Crippen LogP) is 4.62. The van der Waals surface area contributed by atoms with Gasteiger partial charge < -0.3 is 5.32 Å². The topological polar surface area (TPSA) is 12.0 Å². The Balaban J connectivity index is 3.91. The lowest BCUT2D eigenvalue weighted by Gasteiger charge is -2.26. The maximum absolute atomic E-state index is 3.54. The van der Waals surface area contributed by atoms with Gasteiger partial charge in [0.25, 0.3) is 0 Å². The Kier molecular flexibility index (Phi) is 10.1. The van der Waals surface area contributed by atoms with Gasteiger partial charge in [0.05, 0.1) is 0 Å². The first-order valence-electron chi connectivity index (χ1n) is 7.32. The van der Waals surface area contributed by atoms with Crippen LogP contribution in [0.5, 0.6) is 0 Å². The highest BCUT2D eigenvalue weighted by Crippen LogP contribution is 2.21. The molecule has 0 aromatic heterocycles. The van der Waals surface area contributed by atoms with Crippen LogP contribution in [0.3, 0.4) is 0 Å². The Morgan fingerprint density at radius 2 is 1.62 bits per heavy atom. The third-order valence-electron chi connectivity index (χ3n) is 3.69. The molecule has 1 N–H and O–H groups in total. The minimum absolute atomic E-state index is 0.746. The quantitative estimate of drug-likeness (QED) is 0.574. The molecule has 0 aliphatic rings. The van der Waals surface area contributed by atoms with E-state index in [1.807, 2.05) is 0 Å². The van der Waals surface area contributed by atoms with Crippen LogP contribution in [-0.4, -0.2) is 13.1 Å². The zero-order chi connectivity index (χ0) is 12.4. The van der Waals surface area contributed by atoms with Crippen molar-refractivity contribution < 1.29 is 0 Å². The molecule has 1 nitrogen and oxygen atoms in total. The van der Waals surface area contributed by atoms with Crippen LogP contribution in [0, 0.1) is 11.8 Å². The monoisotopic (exact) mass is 227 g/mol. The molecule has 0 rings (SSSR count). The molecule has 0 saturated heterocycles. The van der Waals surface area contributed by atoms with Gasteiger partial charge in [-0.3, -0.25) is 0 Å². The number of hydrogen-bond donors (Lipinski definition) is 1. The molecule has 0 aliphatic carbocycles. The standard InChI is InChI=1S/C15H33N/c1-6-8-11-14(7-2)15(16-5)12-9-10-13(3)4/h13-16H,6-12H2,1-5H3. The van der Waals surface area contributed by atoms with Crippen molar-refractivity contribution in [1.29, 1.82) is 0 Å². The van der Waals surface area contributed by atoms with Crippen LogP contribution in [-0.2, 0) is 0 Å². The second-order valence-electron chi connectivity index (χ2n) is 5.53. The summed E-state index contributed by atoms with van der Waals surface area (Å²) in [7, 11) is 2.13.